The molecule has 3 rings (SSSR count). The second kappa shape index (κ2) is 11.6. The topological polar surface area (TPSA) is 86.4 Å². The number of nitrogen functional groups attached to an aromatic ring is 1. The molecule has 0 fully saturated rings. The summed E-state index contributed by atoms with van der Waals surface area (Å²) in [5.41, 5.74) is 8.05. The van der Waals surface area contributed by atoms with E-state index in [4.69, 9.17) is 17.3 Å². The number of aromatic nitrogens is 1. The molecule has 0 bridgehead atoms. The quantitative estimate of drug-likeness (QED) is 0.155. The van der Waals surface area contributed by atoms with Gasteiger partial charge in [-0.05, 0) is 50.6 Å². The van der Waals surface area contributed by atoms with Crippen molar-refractivity contribution in [1.82, 2.24) is 10.3 Å². The molecule has 3 aromatic rings. The summed E-state index contributed by atoms with van der Waals surface area (Å²) in [7, 11) is 0. The Morgan fingerprint density at radius 2 is 1.97 bits per heavy atom. The van der Waals surface area contributed by atoms with Gasteiger partial charge in [-0.3, -0.25) is 5.32 Å². The number of aliphatic hydroxyl groups is 1. The number of anilines is 3. The first kappa shape index (κ1) is 26.6. The van der Waals surface area contributed by atoms with Gasteiger partial charge in [-0.1, -0.05) is 35.9 Å². The van der Waals surface area contributed by atoms with E-state index in [9.17, 15) is 18.3 Å². The van der Waals surface area contributed by atoms with E-state index in [0.717, 1.165) is 46.8 Å². The van der Waals surface area contributed by atoms with Crippen LogP contribution in [0.3, 0.4) is 0 Å². The van der Waals surface area contributed by atoms with Crippen LogP contribution in [0.1, 0.15) is 24.0 Å². The fraction of sp³-hybridized carbons (Fsp3) is 0.320. The number of para-hydroxylation sites is 1. The fourth-order valence-electron chi connectivity index (χ4n) is 3.84. The van der Waals surface area contributed by atoms with Gasteiger partial charge >= 0.3 is 6.18 Å². The third kappa shape index (κ3) is 6.78. The second-order valence-electron chi connectivity index (χ2n) is 8.12. The smallest absolute Gasteiger partial charge is 0.383 e. The summed E-state index contributed by atoms with van der Waals surface area (Å²) in [5.74, 6) is 0.483. The molecule has 0 aliphatic rings. The molecule has 0 radical (unpaired) electrons. The van der Waals surface area contributed by atoms with Gasteiger partial charge in [-0.25, -0.2) is 4.98 Å². The van der Waals surface area contributed by atoms with Crippen LogP contribution in [-0.4, -0.2) is 36.1 Å². The molecule has 0 amide bonds. The van der Waals surface area contributed by atoms with Gasteiger partial charge in [0.05, 0.1) is 27.5 Å². The molecule has 188 valence electrons. The molecule has 0 aliphatic carbocycles. The number of hydrogen-bond donors (Lipinski definition) is 4. The van der Waals surface area contributed by atoms with Crippen LogP contribution in [0.25, 0.3) is 10.9 Å². The number of nitrogens with zero attached hydrogens (tertiary/aromatic N) is 2. The van der Waals surface area contributed by atoms with E-state index in [2.05, 4.69) is 27.1 Å². The number of nitrogens with two attached hydrogens (primary N) is 1. The van der Waals surface area contributed by atoms with E-state index in [0.29, 0.717) is 31.9 Å². The van der Waals surface area contributed by atoms with Crippen molar-refractivity contribution in [3.05, 3.63) is 71.3 Å². The largest absolute Gasteiger partial charge is 0.416 e. The summed E-state index contributed by atoms with van der Waals surface area (Å²) in [6, 6.07) is 10.7. The molecule has 0 saturated heterocycles. The normalized spacial score (nSPS) is 12.5. The molecule has 1 unspecified atom stereocenters. The number of rotatable bonds is 11. The molecule has 6 nitrogen and oxygen atoms in total. The Morgan fingerprint density at radius 1 is 1.23 bits per heavy atom. The SMILES string of the molecule is C=CCN(CCCCNC(O)Nc1cc(C(F)(F)F)ccc1Cl)c1c(C)c(N)nc2ccccc12. The van der Waals surface area contributed by atoms with E-state index in [1.807, 2.05) is 37.3 Å². The molecule has 1 aromatic heterocycles. The van der Waals surface area contributed by atoms with Crippen molar-refractivity contribution in [2.45, 2.75) is 32.3 Å². The molecule has 0 spiro atoms. The van der Waals surface area contributed by atoms with E-state index in [1.54, 1.807) is 0 Å². The first-order valence-electron chi connectivity index (χ1n) is 11.2. The molecule has 0 saturated carbocycles. The molecule has 35 heavy (non-hydrogen) atoms. The number of pyridine rings is 1. The number of aliphatic hydroxyl groups excluding tert-OH is 1. The monoisotopic (exact) mass is 507 g/mol. The average Bonchev–Trinajstić information content (AvgIpc) is 2.80. The van der Waals surface area contributed by atoms with E-state index >= 15 is 0 Å². The van der Waals surface area contributed by atoms with Crippen molar-refractivity contribution in [3.8, 4) is 0 Å². The Morgan fingerprint density at radius 3 is 2.69 bits per heavy atom. The van der Waals surface area contributed by atoms with Gasteiger partial charge in [0.15, 0.2) is 6.35 Å². The highest BCUT2D eigenvalue weighted by Gasteiger charge is 2.31. The van der Waals surface area contributed by atoms with Gasteiger partial charge in [-0.15, -0.1) is 6.58 Å². The van der Waals surface area contributed by atoms with Gasteiger partial charge in [-0.2, -0.15) is 13.2 Å². The van der Waals surface area contributed by atoms with Crippen molar-refractivity contribution < 1.29 is 18.3 Å². The Labute approximate surface area is 207 Å². The minimum absolute atomic E-state index is 0.00345. The third-order valence-corrected chi connectivity index (χ3v) is 5.91. The summed E-state index contributed by atoms with van der Waals surface area (Å²) >= 11 is 5.97. The molecular weight excluding hydrogens is 479 g/mol. The van der Waals surface area contributed by atoms with Gasteiger partial charge in [0.1, 0.15) is 5.82 Å². The molecule has 1 heterocycles. The predicted molar refractivity (Wildman–Crippen MR) is 137 cm³/mol. The zero-order valence-corrected chi connectivity index (χ0v) is 20.1. The Balaban J connectivity index is 1.57. The molecule has 2 aromatic carbocycles. The highest BCUT2D eigenvalue weighted by molar-refractivity contribution is 6.33. The van der Waals surface area contributed by atoms with Crippen LogP contribution in [0, 0.1) is 6.92 Å². The van der Waals surface area contributed by atoms with Crippen molar-refractivity contribution in [1.29, 1.82) is 0 Å². The van der Waals surface area contributed by atoms with Gasteiger partial charge < -0.3 is 21.1 Å². The lowest BCUT2D eigenvalue weighted by Crippen LogP contribution is -2.37. The lowest BCUT2D eigenvalue weighted by molar-refractivity contribution is -0.137. The number of benzene rings is 2. The highest BCUT2D eigenvalue weighted by Crippen LogP contribution is 2.34. The molecule has 5 N–H and O–H groups in total. The van der Waals surface area contributed by atoms with Crippen LogP contribution in [0.5, 0.6) is 0 Å². The minimum Gasteiger partial charge on any atom is -0.383 e. The summed E-state index contributed by atoms with van der Waals surface area (Å²) in [6.07, 6.45) is -2.43. The maximum absolute atomic E-state index is 12.9. The zero-order chi connectivity index (χ0) is 25.6. The molecular formula is C25H29ClF3N5O. The van der Waals surface area contributed by atoms with Gasteiger partial charge in [0.2, 0.25) is 0 Å². The third-order valence-electron chi connectivity index (χ3n) is 5.58. The van der Waals surface area contributed by atoms with Crippen LogP contribution < -0.4 is 21.3 Å². The second-order valence-corrected chi connectivity index (χ2v) is 8.53. The number of hydrogen-bond acceptors (Lipinski definition) is 6. The first-order valence-corrected chi connectivity index (χ1v) is 11.5. The van der Waals surface area contributed by atoms with Crippen LogP contribution in [0.2, 0.25) is 5.02 Å². The number of alkyl halides is 3. The predicted octanol–water partition coefficient (Wildman–Crippen LogP) is 5.55. The summed E-state index contributed by atoms with van der Waals surface area (Å²) in [4.78, 5) is 6.67. The number of unbranched alkanes of at least 4 members (excludes halogenated alkanes) is 1. The fourth-order valence-corrected chi connectivity index (χ4v) is 4.02. The number of fused-ring (bicyclic) bond motifs is 1. The van der Waals surface area contributed by atoms with Gasteiger partial charge in [0.25, 0.3) is 0 Å². The summed E-state index contributed by atoms with van der Waals surface area (Å²) in [5, 5.41) is 16.7. The standard InChI is InChI=1S/C25H29ClF3N5O/c1-3-13-34(22-16(2)23(30)32-20-9-5-4-8-18(20)22)14-7-6-12-31-24(35)33-21-15-17(25(27,28)29)10-11-19(21)26/h3-5,8-11,15,24,31,33,35H,1,6-7,12-14H2,2H3,(H2,30,32). The summed E-state index contributed by atoms with van der Waals surface area (Å²) < 4.78 is 38.8. The van der Waals surface area contributed by atoms with Crippen LogP contribution in [0.4, 0.5) is 30.4 Å². The Hall–Kier alpha value is -3.01. The van der Waals surface area contributed by atoms with Crippen molar-refractivity contribution in [2.75, 3.05) is 35.6 Å². The zero-order valence-electron chi connectivity index (χ0n) is 19.4. The Kier molecular flexibility index (Phi) is 8.82. The van der Waals surface area contributed by atoms with Gasteiger partial charge in [0, 0.05) is 24.0 Å². The lowest BCUT2D eigenvalue weighted by atomic mass is 10.1. The van der Waals surface area contributed by atoms with Crippen molar-refractivity contribution in [2.24, 2.45) is 0 Å². The van der Waals surface area contributed by atoms with E-state index in [1.165, 1.54) is 0 Å². The summed E-state index contributed by atoms with van der Waals surface area (Å²) in [6.45, 7) is 7.59. The van der Waals surface area contributed by atoms with Crippen LogP contribution in [-0.2, 0) is 6.18 Å². The van der Waals surface area contributed by atoms with Crippen molar-refractivity contribution >= 4 is 39.7 Å². The number of halogens is 4. The number of nitrogens with one attached hydrogen (secondary N) is 2. The average molecular weight is 508 g/mol. The van der Waals surface area contributed by atoms with Crippen LogP contribution >= 0.6 is 11.6 Å². The maximum Gasteiger partial charge on any atom is 0.416 e. The molecule has 0 aliphatic heterocycles. The first-order chi connectivity index (χ1) is 16.6. The highest BCUT2D eigenvalue weighted by atomic mass is 35.5. The molecule has 10 heteroatoms. The van der Waals surface area contributed by atoms with Crippen LogP contribution in [0.15, 0.2) is 55.1 Å². The lowest BCUT2D eigenvalue weighted by Gasteiger charge is -2.27. The minimum atomic E-state index is -4.50. The van der Waals surface area contributed by atoms with Crippen molar-refractivity contribution in [3.63, 3.8) is 0 Å². The molecule has 1 atom stereocenters. The van der Waals surface area contributed by atoms with E-state index < -0.39 is 18.1 Å². The van der Waals surface area contributed by atoms with E-state index in [-0.39, 0.29) is 10.7 Å². The maximum atomic E-state index is 12.9. The Bertz CT molecular complexity index is 1170.